The second-order valence-electron chi connectivity index (χ2n) is 8.00. The molecule has 0 aromatic heterocycles. The van der Waals surface area contributed by atoms with E-state index in [9.17, 15) is 14.7 Å². The van der Waals surface area contributed by atoms with E-state index in [0.29, 0.717) is 35.1 Å². The Kier molecular flexibility index (Phi) is 6.78. The van der Waals surface area contributed by atoms with Gasteiger partial charge in [-0.1, -0.05) is 36.4 Å². The number of aliphatic hydroxyl groups excluding tert-OH is 1. The summed E-state index contributed by atoms with van der Waals surface area (Å²) in [6.07, 6.45) is 0. The molecule has 0 spiro atoms. The Morgan fingerprint density at radius 2 is 1.54 bits per heavy atom. The number of carbonyl (C=O) groups excluding carboxylic acids is 2. The summed E-state index contributed by atoms with van der Waals surface area (Å²) in [5.41, 5.74) is 2.20. The number of aryl methyl sites for hydroxylation is 1. The number of Topliss-reactive ketones (excluding diaryl/α,β-unsaturated/α-hetero) is 1. The number of carbonyl (C=O) groups is 2. The zero-order valence-corrected chi connectivity index (χ0v) is 20.1. The summed E-state index contributed by atoms with van der Waals surface area (Å²) in [7, 11) is 2.92. The van der Waals surface area contributed by atoms with Gasteiger partial charge in [-0.15, -0.1) is 0 Å². The van der Waals surface area contributed by atoms with E-state index in [2.05, 4.69) is 0 Å². The smallest absolute Gasteiger partial charge is 0.300 e. The molecule has 35 heavy (non-hydrogen) atoms. The number of ketones is 1. The van der Waals surface area contributed by atoms with Crippen molar-refractivity contribution in [2.45, 2.75) is 19.9 Å². The number of rotatable bonds is 7. The minimum atomic E-state index is -0.874. The number of ether oxygens (including phenoxy) is 3. The fourth-order valence-corrected chi connectivity index (χ4v) is 4.36. The minimum Gasteiger partial charge on any atom is -0.506 e. The highest BCUT2D eigenvalue weighted by molar-refractivity contribution is 6.51. The Labute approximate surface area is 204 Å². The van der Waals surface area contributed by atoms with Crippen molar-refractivity contribution in [1.82, 2.24) is 0 Å². The van der Waals surface area contributed by atoms with Crippen LogP contribution in [0.15, 0.2) is 72.3 Å². The first-order valence-corrected chi connectivity index (χ1v) is 11.2. The molecular weight excluding hydrogens is 446 g/mol. The molecular formula is C28H27NO6. The van der Waals surface area contributed by atoms with Crippen molar-refractivity contribution >= 4 is 23.1 Å². The highest BCUT2D eigenvalue weighted by Gasteiger charge is 2.47. The maximum Gasteiger partial charge on any atom is 0.300 e. The van der Waals surface area contributed by atoms with Crippen molar-refractivity contribution in [2.75, 3.05) is 25.7 Å². The fourth-order valence-electron chi connectivity index (χ4n) is 4.36. The maximum atomic E-state index is 13.5. The third-order valence-electron chi connectivity index (χ3n) is 5.99. The van der Waals surface area contributed by atoms with Crippen molar-refractivity contribution in [1.29, 1.82) is 0 Å². The number of aliphatic hydroxyl groups is 1. The lowest BCUT2D eigenvalue weighted by Gasteiger charge is -2.27. The summed E-state index contributed by atoms with van der Waals surface area (Å²) in [5.74, 6) is -0.599. The number of hydrogen-bond donors (Lipinski definition) is 1. The van der Waals surface area contributed by atoms with Gasteiger partial charge in [0, 0.05) is 5.69 Å². The van der Waals surface area contributed by atoms with Gasteiger partial charge >= 0.3 is 0 Å². The van der Waals surface area contributed by atoms with Gasteiger partial charge in [0.05, 0.1) is 32.4 Å². The van der Waals surface area contributed by atoms with Crippen molar-refractivity contribution in [3.63, 3.8) is 0 Å². The molecule has 180 valence electrons. The van der Waals surface area contributed by atoms with Crippen molar-refractivity contribution in [3.05, 3.63) is 89.0 Å². The van der Waals surface area contributed by atoms with Gasteiger partial charge in [-0.2, -0.15) is 0 Å². The number of para-hydroxylation sites is 1. The Morgan fingerprint density at radius 3 is 2.11 bits per heavy atom. The molecule has 4 rings (SSSR count). The van der Waals surface area contributed by atoms with Crippen LogP contribution in [0, 0.1) is 6.92 Å². The van der Waals surface area contributed by atoms with E-state index in [-0.39, 0.29) is 16.9 Å². The van der Waals surface area contributed by atoms with Crippen LogP contribution in [0.3, 0.4) is 0 Å². The zero-order chi connectivity index (χ0) is 25.1. The van der Waals surface area contributed by atoms with Crippen LogP contribution in [0.2, 0.25) is 0 Å². The highest BCUT2D eigenvalue weighted by Crippen LogP contribution is 2.45. The topological polar surface area (TPSA) is 85.3 Å². The Bertz CT molecular complexity index is 1270. The molecule has 7 heteroatoms. The van der Waals surface area contributed by atoms with E-state index in [0.717, 1.165) is 5.56 Å². The van der Waals surface area contributed by atoms with Gasteiger partial charge in [-0.3, -0.25) is 14.5 Å². The third-order valence-corrected chi connectivity index (χ3v) is 5.99. The Morgan fingerprint density at radius 1 is 0.914 bits per heavy atom. The van der Waals surface area contributed by atoms with Crippen molar-refractivity contribution < 1.29 is 28.9 Å². The molecule has 0 aliphatic carbocycles. The monoisotopic (exact) mass is 473 g/mol. The van der Waals surface area contributed by atoms with Crippen LogP contribution in [0.5, 0.6) is 17.2 Å². The lowest BCUT2D eigenvalue weighted by molar-refractivity contribution is -0.132. The van der Waals surface area contributed by atoms with Crippen LogP contribution < -0.4 is 19.1 Å². The molecule has 0 radical (unpaired) electrons. The Hall–Kier alpha value is -4.26. The first kappa shape index (κ1) is 23.9. The van der Waals surface area contributed by atoms with E-state index in [1.54, 1.807) is 54.6 Å². The average molecular weight is 474 g/mol. The van der Waals surface area contributed by atoms with Crippen LogP contribution in [-0.2, 0) is 9.59 Å². The van der Waals surface area contributed by atoms with Crippen molar-refractivity contribution in [2.24, 2.45) is 0 Å². The molecule has 3 aromatic rings. The molecule has 1 saturated heterocycles. The molecule has 1 unspecified atom stereocenters. The Balaban J connectivity index is 1.99. The number of amides is 1. The largest absolute Gasteiger partial charge is 0.506 e. The molecule has 1 aliphatic heterocycles. The van der Waals surface area contributed by atoms with E-state index < -0.39 is 17.7 Å². The van der Waals surface area contributed by atoms with Gasteiger partial charge in [0.1, 0.15) is 28.6 Å². The van der Waals surface area contributed by atoms with Gasteiger partial charge in [0.15, 0.2) is 0 Å². The molecule has 7 nitrogen and oxygen atoms in total. The van der Waals surface area contributed by atoms with Crippen LogP contribution in [0.25, 0.3) is 5.76 Å². The predicted octanol–water partition coefficient (Wildman–Crippen LogP) is 5.04. The molecule has 1 N–H and O–H groups in total. The molecule has 1 fully saturated rings. The predicted molar refractivity (Wildman–Crippen MR) is 133 cm³/mol. The second-order valence-corrected chi connectivity index (χ2v) is 8.00. The SMILES string of the molecule is CCOc1ccc(C2/C(=C(\O)c3c(OC)cccc3OC)C(=O)C(=O)N2c2ccccc2C)cc1. The molecule has 1 aliphatic rings. The van der Waals surface area contributed by atoms with Crippen LogP contribution in [-0.4, -0.2) is 37.6 Å². The third kappa shape index (κ3) is 4.21. The van der Waals surface area contributed by atoms with Gasteiger partial charge in [0.2, 0.25) is 0 Å². The zero-order valence-electron chi connectivity index (χ0n) is 20.1. The minimum absolute atomic E-state index is 0.0507. The van der Waals surface area contributed by atoms with Crippen LogP contribution in [0.4, 0.5) is 5.69 Å². The van der Waals surface area contributed by atoms with Crippen molar-refractivity contribution in [3.8, 4) is 17.2 Å². The number of hydrogen-bond acceptors (Lipinski definition) is 6. The number of benzene rings is 3. The number of methoxy groups -OCH3 is 2. The fraction of sp³-hybridized carbons (Fsp3) is 0.214. The second kappa shape index (κ2) is 9.93. The molecule has 1 heterocycles. The van der Waals surface area contributed by atoms with Gasteiger partial charge in [0.25, 0.3) is 11.7 Å². The lowest BCUT2D eigenvalue weighted by atomic mass is 9.94. The van der Waals surface area contributed by atoms with E-state index >= 15 is 0 Å². The van der Waals surface area contributed by atoms with Gasteiger partial charge in [-0.05, 0) is 55.3 Å². The van der Waals surface area contributed by atoms with E-state index in [4.69, 9.17) is 14.2 Å². The molecule has 1 atom stereocenters. The molecule has 0 bridgehead atoms. The van der Waals surface area contributed by atoms with Gasteiger partial charge < -0.3 is 19.3 Å². The van der Waals surface area contributed by atoms with E-state index in [1.807, 2.05) is 26.0 Å². The normalized spacial score (nSPS) is 16.9. The summed E-state index contributed by atoms with van der Waals surface area (Å²) in [6, 6.07) is 18.6. The molecule has 3 aromatic carbocycles. The first-order valence-electron chi connectivity index (χ1n) is 11.2. The van der Waals surface area contributed by atoms with Crippen LogP contribution in [0.1, 0.15) is 29.7 Å². The number of anilines is 1. The number of nitrogens with zero attached hydrogens (tertiary/aromatic N) is 1. The first-order chi connectivity index (χ1) is 16.9. The molecule has 0 saturated carbocycles. The highest BCUT2D eigenvalue weighted by atomic mass is 16.5. The summed E-state index contributed by atoms with van der Waals surface area (Å²) >= 11 is 0. The summed E-state index contributed by atoms with van der Waals surface area (Å²) in [5, 5.41) is 11.5. The summed E-state index contributed by atoms with van der Waals surface area (Å²) in [6.45, 7) is 4.27. The average Bonchev–Trinajstić information content (AvgIpc) is 3.14. The molecule has 1 amide bonds. The van der Waals surface area contributed by atoms with Crippen LogP contribution >= 0.6 is 0 Å². The maximum absolute atomic E-state index is 13.5. The van der Waals surface area contributed by atoms with E-state index in [1.165, 1.54) is 19.1 Å². The summed E-state index contributed by atoms with van der Waals surface area (Å²) < 4.78 is 16.4. The van der Waals surface area contributed by atoms with Gasteiger partial charge in [-0.25, -0.2) is 0 Å². The standard InChI is InChI=1S/C28H27NO6/c1-5-35-19-15-13-18(14-16-19)25-24(26(30)23-21(33-3)11-8-12-22(23)34-4)27(31)28(32)29(25)20-10-7-6-9-17(20)2/h6-16,25,30H,5H2,1-4H3/b26-24+. The quantitative estimate of drug-likeness (QED) is 0.294. The summed E-state index contributed by atoms with van der Waals surface area (Å²) in [4.78, 5) is 28.3. The lowest BCUT2D eigenvalue weighted by Crippen LogP contribution is -2.30.